The van der Waals surface area contributed by atoms with Crippen LogP contribution in [-0.4, -0.2) is 17.5 Å². The molecule has 3 nitrogen and oxygen atoms in total. The SMILES string of the molecule is CC1=CC(=O)N=C2N=C(c3ccc(C(C)C)cc3Br)C=C12. The van der Waals surface area contributed by atoms with Crippen LogP contribution in [0.3, 0.4) is 0 Å². The van der Waals surface area contributed by atoms with Crippen molar-refractivity contribution >= 4 is 33.4 Å². The van der Waals surface area contributed by atoms with Gasteiger partial charge in [0.1, 0.15) is 0 Å². The van der Waals surface area contributed by atoms with Crippen LogP contribution in [-0.2, 0) is 4.79 Å². The number of carbonyl (C=O) groups excluding carboxylic acids is 1. The molecule has 106 valence electrons. The molecule has 2 aliphatic heterocycles. The van der Waals surface area contributed by atoms with Crippen LogP contribution in [0.2, 0.25) is 0 Å². The Morgan fingerprint density at radius 3 is 2.57 bits per heavy atom. The van der Waals surface area contributed by atoms with Crippen molar-refractivity contribution in [1.82, 2.24) is 0 Å². The molecule has 0 fully saturated rings. The number of carbonyl (C=O) groups is 1. The number of nitrogens with zero attached hydrogens (tertiary/aromatic N) is 2. The van der Waals surface area contributed by atoms with E-state index in [9.17, 15) is 4.79 Å². The summed E-state index contributed by atoms with van der Waals surface area (Å²) in [6.45, 7) is 6.24. The molecule has 0 saturated carbocycles. The van der Waals surface area contributed by atoms with E-state index >= 15 is 0 Å². The van der Waals surface area contributed by atoms with E-state index in [-0.39, 0.29) is 5.91 Å². The summed E-state index contributed by atoms with van der Waals surface area (Å²) in [4.78, 5) is 20.0. The fraction of sp³-hybridized carbons (Fsp3) is 0.235. The van der Waals surface area contributed by atoms with Crippen LogP contribution < -0.4 is 0 Å². The Morgan fingerprint density at radius 2 is 1.90 bits per heavy atom. The van der Waals surface area contributed by atoms with Crippen molar-refractivity contribution < 1.29 is 4.79 Å². The molecule has 0 aromatic heterocycles. The lowest BCUT2D eigenvalue weighted by molar-refractivity contribution is -0.113. The molecule has 0 unspecified atom stereocenters. The molecule has 0 N–H and O–H groups in total. The van der Waals surface area contributed by atoms with E-state index in [0.29, 0.717) is 11.8 Å². The number of amides is 1. The third-order valence-electron chi connectivity index (χ3n) is 3.66. The molecule has 0 radical (unpaired) electrons. The molecule has 3 rings (SSSR count). The van der Waals surface area contributed by atoms with E-state index in [2.05, 4.69) is 58.0 Å². The summed E-state index contributed by atoms with van der Waals surface area (Å²) in [6.07, 6.45) is 3.54. The number of halogens is 1. The number of hydrogen-bond acceptors (Lipinski definition) is 2. The molecule has 0 atom stereocenters. The molecule has 0 spiro atoms. The van der Waals surface area contributed by atoms with Crippen LogP contribution >= 0.6 is 15.9 Å². The second-order valence-corrected chi connectivity index (χ2v) is 6.40. The van der Waals surface area contributed by atoms with E-state index in [0.717, 1.165) is 26.9 Å². The smallest absolute Gasteiger partial charge is 0.267 e. The number of rotatable bonds is 2. The topological polar surface area (TPSA) is 41.8 Å². The van der Waals surface area contributed by atoms with Gasteiger partial charge in [-0.25, -0.2) is 4.99 Å². The zero-order valence-electron chi connectivity index (χ0n) is 12.1. The van der Waals surface area contributed by atoms with Gasteiger partial charge in [-0.3, -0.25) is 4.79 Å². The summed E-state index contributed by atoms with van der Waals surface area (Å²) >= 11 is 3.62. The number of allylic oxidation sites excluding steroid dienone is 1. The lowest BCUT2D eigenvalue weighted by Crippen LogP contribution is -2.07. The molecule has 0 aliphatic carbocycles. The summed E-state index contributed by atoms with van der Waals surface area (Å²) in [6, 6.07) is 6.30. The Balaban J connectivity index is 2.04. The Morgan fingerprint density at radius 1 is 1.14 bits per heavy atom. The normalized spacial score (nSPS) is 17.3. The van der Waals surface area contributed by atoms with Crippen molar-refractivity contribution in [1.29, 1.82) is 0 Å². The van der Waals surface area contributed by atoms with E-state index in [1.807, 2.05) is 13.0 Å². The molecule has 4 heteroatoms. The predicted octanol–water partition coefficient (Wildman–Crippen LogP) is 4.19. The largest absolute Gasteiger partial charge is 0.272 e. The van der Waals surface area contributed by atoms with Crippen LogP contribution in [0.15, 0.2) is 56.0 Å². The highest BCUT2D eigenvalue weighted by molar-refractivity contribution is 9.10. The third-order valence-corrected chi connectivity index (χ3v) is 4.32. The first kappa shape index (κ1) is 14.1. The fourth-order valence-corrected chi connectivity index (χ4v) is 3.02. The average molecular weight is 343 g/mol. The van der Waals surface area contributed by atoms with Gasteiger partial charge in [0.05, 0.1) is 5.71 Å². The van der Waals surface area contributed by atoms with Crippen molar-refractivity contribution in [3.63, 3.8) is 0 Å². The maximum absolute atomic E-state index is 11.5. The maximum atomic E-state index is 11.5. The lowest BCUT2D eigenvalue weighted by Gasteiger charge is -2.08. The molecule has 1 amide bonds. The molecule has 2 aliphatic rings. The summed E-state index contributed by atoms with van der Waals surface area (Å²) in [7, 11) is 0. The first-order valence-corrected chi connectivity index (χ1v) is 7.67. The van der Waals surface area contributed by atoms with Crippen LogP contribution in [0.5, 0.6) is 0 Å². The van der Waals surface area contributed by atoms with Crippen molar-refractivity contribution in [2.24, 2.45) is 9.98 Å². The molecule has 2 heterocycles. The molecular formula is C17H15BrN2O. The predicted molar refractivity (Wildman–Crippen MR) is 89.1 cm³/mol. The Hall–Kier alpha value is -1.81. The van der Waals surface area contributed by atoms with Gasteiger partial charge in [-0.2, -0.15) is 4.99 Å². The van der Waals surface area contributed by atoms with Gasteiger partial charge in [0.15, 0.2) is 5.84 Å². The number of dihydropyridines is 1. The quantitative estimate of drug-likeness (QED) is 0.794. The standard InChI is InChI=1S/C17H15BrN2O/c1-9(2)11-4-5-12(14(18)7-11)15-8-13-10(3)6-16(21)20-17(13)19-15/h4-9H,1-3H3. The van der Waals surface area contributed by atoms with Crippen LogP contribution in [0.25, 0.3) is 0 Å². The molecule has 1 aromatic rings. The minimum Gasteiger partial charge on any atom is -0.267 e. The zero-order chi connectivity index (χ0) is 15.1. The molecule has 0 bridgehead atoms. The average Bonchev–Trinajstić information content (AvgIpc) is 2.82. The van der Waals surface area contributed by atoms with E-state index < -0.39 is 0 Å². The van der Waals surface area contributed by atoms with Gasteiger partial charge in [-0.05, 0) is 36.1 Å². The number of aliphatic imine (C=N–C) groups is 2. The van der Waals surface area contributed by atoms with Crippen LogP contribution in [0, 0.1) is 0 Å². The highest BCUT2D eigenvalue weighted by Crippen LogP contribution is 2.29. The van der Waals surface area contributed by atoms with Gasteiger partial charge in [0, 0.05) is 21.7 Å². The Labute approximate surface area is 132 Å². The van der Waals surface area contributed by atoms with E-state index in [4.69, 9.17) is 0 Å². The highest BCUT2D eigenvalue weighted by atomic mass is 79.9. The van der Waals surface area contributed by atoms with Crippen molar-refractivity contribution in [3.05, 3.63) is 57.1 Å². The van der Waals surface area contributed by atoms with Crippen molar-refractivity contribution in [3.8, 4) is 0 Å². The van der Waals surface area contributed by atoms with Gasteiger partial charge in [-0.1, -0.05) is 41.9 Å². The maximum Gasteiger partial charge on any atom is 0.272 e. The first-order valence-electron chi connectivity index (χ1n) is 6.87. The Bertz CT molecular complexity index is 767. The van der Waals surface area contributed by atoms with Crippen molar-refractivity contribution in [2.45, 2.75) is 26.7 Å². The number of amidine groups is 1. The monoisotopic (exact) mass is 342 g/mol. The molecule has 0 saturated heterocycles. The van der Waals surface area contributed by atoms with Gasteiger partial charge in [0.2, 0.25) is 0 Å². The lowest BCUT2D eigenvalue weighted by atomic mass is 9.99. The van der Waals surface area contributed by atoms with E-state index in [1.165, 1.54) is 5.56 Å². The van der Waals surface area contributed by atoms with E-state index in [1.54, 1.807) is 6.08 Å². The second-order valence-electron chi connectivity index (χ2n) is 5.55. The van der Waals surface area contributed by atoms with Gasteiger partial charge in [-0.15, -0.1) is 0 Å². The fourth-order valence-electron chi connectivity index (χ4n) is 2.42. The van der Waals surface area contributed by atoms with Gasteiger partial charge < -0.3 is 0 Å². The number of fused-ring (bicyclic) bond motifs is 1. The minimum absolute atomic E-state index is 0.237. The summed E-state index contributed by atoms with van der Waals surface area (Å²) in [5.41, 5.74) is 4.98. The second kappa shape index (κ2) is 5.19. The van der Waals surface area contributed by atoms with Crippen LogP contribution in [0.1, 0.15) is 37.8 Å². The Kier molecular flexibility index (Phi) is 3.49. The molecule has 21 heavy (non-hydrogen) atoms. The summed E-state index contributed by atoms with van der Waals surface area (Å²) in [5.74, 6) is 0.766. The molecule has 1 aromatic carbocycles. The first-order chi connectivity index (χ1) is 9.95. The number of benzene rings is 1. The van der Waals surface area contributed by atoms with Crippen molar-refractivity contribution in [2.75, 3.05) is 0 Å². The summed E-state index contributed by atoms with van der Waals surface area (Å²) < 4.78 is 1.01. The highest BCUT2D eigenvalue weighted by Gasteiger charge is 2.23. The zero-order valence-corrected chi connectivity index (χ0v) is 13.7. The minimum atomic E-state index is -0.237. The number of hydrogen-bond donors (Lipinski definition) is 0. The summed E-state index contributed by atoms with van der Waals surface area (Å²) in [5, 5.41) is 0. The van der Waals surface area contributed by atoms with Crippen LogP contribution in [0.4, 0.5) is 0 Å². The molecular weight excluding hydrogens is 328 g/mol. The van der Waals surface area contributed by atoms with Gasteiger partial charge >= 0.3 is 0 Å². The third kappa shape index (κ3) is 2.56. The van der Waals surface area contributed by atoms with Gasteiger partial charge in [0.25, 0.3) is 5.91 Å².